The zero-order chi connectivity index (χ0) is 35.0. The minimum atomic E-state index is -3.56. The number of esters is 1. The first kappa shape index (κ1) is 35.8. The zero-order valence-corrected chi connectivity index (χ0v) is 29.3. The first-order chi connectivity index (χ1) is 23.6. The smallest absolute Gasteiger partial charge is 0.354 e. The van der Waals surface area contributed by atoms with Crippen LogP contribution in [0.2, 0.25) is 0 Å². The van der Waals surface area contributed by atoms with Crippen molar-refractivity contribution in [1.82, 2.24) is 14.2 Å². The summed E-state index contributed by atoms with van der Waals surface area (Å²) in [4.78, 5) is 13.7. The molecule has 1 aromatic heterocycles. The van der Waals surface area contributed by atoms with Crippen LogP contribution in [0.15, 0.2) is 114 Å². The minimum absolute atomic E-state index is 0.0757. The summed E-state index contributed by atoms with van der Waals surface area (Å²) in [7, 11) is -0.534. The summed E-state index contributed by atoms with van der Waals surface area (Å²) in [6.45, 7) is 4.70. The van der Waals surface area contributed by atoms with Gasteiger partial charge in [0.05, 0.1) is 17.5 Å². The number of rotatable bonds is 16. The van der Waals surface area contributed by atoms with Gasteiger partial charge in [0.15, 0.2) is 0 Å². The average Bonchev–Trinajstić information content (AvgIpc) is 3.48. The van der Waals surface area contributed by atoms with Gasteiger partial charge in [-0.15, -0.1) is 0 Å². The van der Waals surface area contributed by atoms with Crippen LogP contribution >= 0.6 is 0 Å². The van der Waals surface area contributed by atoms with Gasteiger partial charge in [-0.1, -0.05) is 66.7 Å². The monoisotopic (exact) mass is 683 g/mol. The molecule has 0 amide bonds. The van der Waals surface area contributed by atoms with E-state index in [-0.39, 0.29) is 30.2 Å². The summed E-state index contributed by atoms with van der Waals surface area (Å²) >= 11 is 0. The fourth-order valence-corrected chi connectivity index (χ4v) is 6.81. The second-order valence-corrected chi connectivity index (χ2v) is 14.5. The van der Waals surface area contributed by atoms with Crippen molar-refractivity contribution in [2.45, 2.75) is 49.8 Å². The third-order valence-electron chi connectivity index (χ3n) is 8.44. The maximum absolute atomic E-state index is 13.4. The lowest BCUT2D eigenvalue weighted by Crippen LogP contribution is -2.37. The van der Waals surface area contributed by atoms with Crippen LogP contribution < -0.4 is 10.1 Å². The molecule has 0 unspecified atom stereocenters. The van der Waals surface area contributed by atoms with Gasteiger partial charge in [-0.2, -0.15) is 0 Å². The number of nitrogens with one attached hydrogen (secondary N) is 1. The van der Waals surface area contributed by atoms with Gasteiger partial charge in [0.2, 0.25) is 10.0 Å². The third kappa shape index (κ3) is 8.96. The summed E-state index contributed by atoms with van der Waals surface area (Å²) in [6, 6.07) is 34.2. The van der Waals surface area contributed by atoms with Crippen LogP contribution in [-0.2, 0) is 27.6 Å². The summed E-state index contributed by atoms with van der Waals surface area (Å²) in [5.74, 6) is 0.315. The second kappa shape index (κ2) is 16.3. The van der Waals surface area contributed by atoms with Crippen LogP contribution in [0.3, 0.4) is 0 Å². The number of hydrogen-bond donors (Lipinski definition) is 2. The van der Waals surface area contributed by atoms with Gasteiger partial charge >= 0.3 is 5.97 Å². The Labute approximate surface area is 289 Å². The Morgan fingerprint density at radius 2 is 1.53 bits per heavy atom. The Kier molecular flexibility index (Phi) is 11.9. The largest absolute Gasteiger partial charge is 0.491 e. The maximum atomic E-state index is 13.4. The van der Waals surface area contributed by atoms with Crippen LogP contribution in [0.25, 0.3) is 10.9 Å². The number of aromatic nitrogens is 1. The lowest BCUT2D eigenvalue weighted by molar-refractivity contribution is 0.0513. The molecule has 0 aliphatic rings. The lowest BCUT2D eigenvalue weighted by atomic mass is 9.98. The maximum Gasteiger partial charge on any atom is 0.354 e. The Bertz CT molecular complexity index is 1930. The average molecular weight is 684 g/mol. The van der Waals surface area contributed by atoms with Crippen LogP contribution in [0.4, 0.5) is 0 Å². The second-order valence-electron chi connectivity index (χ2n) is 12.4. The van der Waals surface area contributed by atoms with E-state index in [2.05, 4.69) is 24.4 Å². The molecule has 3 atom stereocenters. The van der Waals surface area contributed by atoms with Crippen molar-refractivity contribution in [1.29, 1.82) is 0 Å². The topological polar surface area (TPSA) is 110 Å². The number of para-hydroxylation sites is 1. The molecule has 2 N–H and O–H groups in total. The molecule has 1 heterocycles. The van der Waals surface area contributed by atoms with E-state index in [9.17, 15) is 18.3 Å². The van der Waals surface area contributed by atoms with Crippen LogP contribution in [0.5, 0.6) is 5.75 Å². The number of hydrogen-bond acceptors (Lipinski definition) is 7. The van der Waals surface area contributed by atoms with E-state index in [0.29, 0.717) is 25.1 Å². The minimum Gasteiger partial charge on any atom is -0.491 e. The van der Waals surface area contributed by atoms with Crippen LogP contribution in [0.1, 0.15) is 47.1 Å². The Hall–Kier alpha value is -4.48. The van der Waals surface area contributed by atoms with E-state index in [1.54, 1.807) is 19.1 Å². The predicted octanol–water partition coefficient (Wildman–Crippen LogP) is 5.86. The van der Waals surface area contributed by atoms with Crippen molar-refractivity contribution in [3.63, 3.8) is 0 Å². The molecule has 0 aliphatic carbocycles. The normalized spacial score (nSPS) is 13.7. The van der Waals surface area contributed by atoms with E-state index in [4.69, 9.17) is 9.47 Å². The fraction of sp³-hybridized carbons (Fsp3) is 0.308. The van der Waals surface area contributed by atoms with Crippen molar-refractivity contribution in [2.24, 2.45) is 0 Å². The van der Waals surface area contributed by atoms with E-state index in [1.165, 1.54) is 18.4 Å². The van der Waals surface area contributed by atoms with Gasteiger partial charge in [-0.3, -0.25) is 0 Å². The molecule has 0 bridgehead atoms. The molecule has 5 rings (SSSR count). The summed E-state index contributed by atoms with van der Waals surface area (Å²) in [5, 5.41) is 14.8. The third-order valence-corrected chi connectivity index (χ3v) is 10.3. The number of benzene rings is 4. The van der Waals surface area contributed by atoms with Crippen LogP contribution in [0, 0.1) is 0 Å². The molecule has 0 saturated heterocycles. The number of ether oxygens (including phenoxy) is 2. The van der Waals surface area contributed by atoms with Gasteiger partial charge < -0.3 is 24.5 Å². The number of fused-ring (bicyclic) bond motifs is 1. The molecule has 10 heteroatoms. The zero-order valence-electron chi connectivity index (χ0n) is 28.5. The highest BCUT2D eigenvalue weighted by Gasteiger charge is 2.25. The molecule has 0 fully saturated rings. The molecule has 0 spiro atoms. The first-order valence-electron chi connectivity index (χ1n) is 16.5. The van der Waals surface area contributed by atoms with E-state index < -0.39 is 22.1 Å². The molecular formula is C39H45N3O6S. The van der Waals surface area contributed by atoms with Gasteiger partial charge in [0, 0.05) is 37.6 Å². The Morgan fingerprint density at radius 1 is 0.878 bits per heavy atom. The van der Waals surface area contributed by atoms with E-state index >= 15 is 0 Å². The van der Waals surface area contributed by atoms with Gasteiger partial charge in [-0.25, -0.2) is 17.5 Å². The molecule has 5 aromatic rings. The van der Waals surface area contributed by atoms with Crippen molar-refractivity contribution in [3.05, 3.63) is 132 Å². The molecule has 0 aliphatic heterocycles. The van der Waals surface area contributed by atoms with Crippen molar-refractivity contribution < 1.29 is 27.8 Å². The quantitative estimate of drug-likeness (QED) is 0.125. The summed E-state index contributed by atoms with van der Waals surface area (Å²) in [6.07, 6.45) is 0.573. The van der Waals surface area contributed by atoms with E-state index in [0.717, 1.165) is 33.3 Å². The first-order valence-corrected chi connectivity index (χ1v) is 18.0. The van der Waals surface area contributed by atoms with Crippen molar-refractivity contribution in [3.8, 4) is 5.75 Å². The molecule has 49 heavy (non-hydrogen) atoms. The number of sulfonamides is 1. The predicted molar refractivity (Wildman–Crippen MR) is 193 cm³/mol. The lowest BCUT2D eigenvalue weighted by Gasteiger charge is -2.24. The Morgan fingerprint density at radius 3 is 2.18 bits per heavy atom. The molecule has 4 aromatic carbocycles. The van der Waals surface area contributed by atoms with Gasteiger partial charge in [-0.05, 0) is 85.8 Å². The highest BCUT2D eigenvalue weighted by Crippen LogP contribution is 2.33. The summed E-state index contributed by atoms with van der Waals surface area (Å²) < 4.78 is 39.8. The van der Waals surface area contributed by atoms with Crippen molar-refractivity contribution in [2.75, 3.05) is 33.9 Å². The molecule has 0 radical (unpaired) electrons. The highest BCUT2D eigenvalue weighted by molar-refractivity contribution is 7.89. The molecular weight excluding hydrogens is 639 g/mol. The molecule has 258 valence electrons. The molecule has 9 nitrogen and oxygen atoms in total. The highest BCUT2D eigenvalue weighted by atomic mass is 32.2. The van der Waals surface area contributed by atoms with Crippen LogP contribution in [-0.4, -0.2) is 74.4 Å². The van der Waals surface area contributed by atoms with Gasteiger partial charge in [0.1, 0.15) is 24.2 Å². The number of carbonyl (C=O) groups excluding carboxylic acids is 1. The summed E-state index contributed by atoms with van der Waals surface area (Å²) in [5.41, 5.74) is 4.36. The number of carbonyl (C=O) groups is 1. The van der Waals surface area contributed by atoms with Gasteiger partial charge in [0.25, 0.3) is 0 Å². The fourth-order valence-electron chi connectivity index (χ4n) is 5.91. The Balaban J connectivity index is 1.40. The van der Waals surface area contributed by atoms with Crippen molar-refractivity contribution >= 4 is 26.9 Å². The molecule has 0 saturated carbocycles. The SMILES string of the molecule is CCOC(=O)c1cc2cc(C[C@H](C)NC[C@H](O)COc3ccccc3)ccc2n1[C@H](Cc1ccc(S(=O)(=O)N(C)C)cc1)c1ccccc1. The van der Waals surface area contributed by atoms with E-state index in [1.807, 2.05) is 89.5 Å². The number of aliphatic hydroxyl groups excluding tert-OH is 1. The number of nitrogens with zero attached hydrogens (tertiary/aromatic N) is 2. The number of aliphatic hydroxyl groups is 1. The standard InChI is InChI=1S/C39H45N3O6S/c1-5-47-39(44)38-25-32-23-30(22-28(2)40-26-33(43)27-48-34-14-10-7-11-15-34)18-21-36(32)42(38)37(31-12-8-6-9-13-31)24-29-16-19-35(20-17-29)49(45,46)41(3)4/h6-21,23,25,28,33,37,40,43H,5,22,24,26-27H2,1-4H3/t28-,33-,37+/m0/s1.